The molecule has 110 valence electrons. The number of aromatic nitrogens is 2. The fourth-order valence-corrected chi connectivity index (χ4v) is 2.76. The molecule has 20 heavy (non-hydrogen) atoms. The second kappa shape index (κ2) is 6.56. The van der Waals surface area contributed by atoms with Crippen LogP contribution in [0.5, 0.6) is 0 Å². The first-order valence-electron chi connectivity index (χ1n) is 6.72. The average molecular weight is 341 g/mol. The van der Waals surface area contributed by atoms with Gasteiger partial charge in [-0.05, 0) is 36.1 Å². The Morgan fingerprint density at radius 2 is 2.25 bits per heavy atom. The summed E-state index contributed by atoms with van der Waals surface area (Å²) in [6.45, 7) is 3.79. The summed E-state index contributed by atoms with van der Waals surface area (Å²) in [5, 5.41) is 4.41. The van der Waals surface area contributed by atoms with Crippen molar-refractivity contribution in [2.24, 2.45) is 5.73 Å². The summed E-state index contributed by atoms with van der Waals surface area (Å²) in [4.78, 5) is 2.13. The van der Waals surface area contributed by atoms with Crippen molar-refractivity contribution < 1.29 is 4.42 Å². The molecule has 0 saturated carbocycles. The predicted octanol–water partition coefficient (Wildman–Crippen LogP) is 2.41. The van der Waals surface area contributed by atoms with E-state index in [1.807, 2.05) is 24.8 Å². The van der Waals surface area contributed by atoms with E-state index in [1.165, 1.54) is 0 Å². The van der Waals surface area contributed by atoms with Gasteiger partial charge in [-0.1, -0.05) is 6.92 Å². The molecule has 2 N–H and O–H groups in total. The van der Waals surface area contributed by atoms with Gasteiger partial charge in [-0.2, -0.15) is 5.10 Å². The number of nitrogens with zero attached hydrogens (tertiary/aromatic N) is 3. The molecule has 2 heterocycles. The van der Waals surface area contributed by atoms with Gasteiger partial charge in [0.1, 0.15) is 5.76 Å². The third kappa shape index (κ3) is 3.13. The minimum Gasteiger partial charge on any atom is -0.469 e. The number of hydrogen-bond acceptors (Lipinski definition) is 4. The average Bonchev–Trinajstić information content (AvgIpc) is 3.01. The van der Waals surface area contributed by atoms with Crippen molar-refractivity contribution in [1.82, 2.24) is 14.7 Å². The minimum absolute atomic E-state index is 0.234. The highest BCUT2D eigenvalue weighted by Gasteiger charge is 2.21. The molecule has 0 aliphatic carbocycles. The Labute approximate surface area is 127 Å². The van der Waals surface area contributed by atoms with Crippen LogP contribution >= 0.6 is 15.9 Å². The maximum Gasteiger partial charge on any atom is 0.108 e. The van der Waals surface area contributed by atoms with Crippen molar-refractivity contribution in [3.8, 4) is 0 Å². The standard InChI is InChI=1S/C14H21BrN4O/c1-4-12-10(5-8-20-12)13(16)14-11(15)9-17-19(14)7-6-18(2)3/h5,8-9,13H,4,6-7,16H2,1-3H3. The third-order valence-corrected chi connectivity index (χ3v) is 3.93. The van der Waals surface area contributed by atoms with E-state index in [1.54, 1.807) is 12.5 Å². The van der Waals surface area contributed by atoms with Gasteiger partial charge < -0.3 is 15.1 Å². The molecule has 1 unspecified atom stereocenters. The molecule has 2 aromatic heterocycles. The molecule has 0 aliphatic heterocycles. The van der Waals surface area contributed by atoms with E-state index in [4.69, 9.17) is 10.2 Å². The van der Waals surface area contributed by atoms with Gasteiger partial charge in [0.15, 0.2) is 0 Å². The van der Waals surface area contributed by atoms with Crippen molar-refractivity contribution in [3.63, 3.8) is 0 Å². The highest BCUT2D eigenvalue weighted by atomic mass is 79.9. The van der Waals surface area contributed by atoms with E-state index < -0.39 is 0 Å². The van der Waals surface area contributed by atoms with Crippen LogP contribution < -0.4 is 5.73 Å². The number of furan rings is 1. The van der Waals surface area contributed by atoms with Gasteiger partial charge in [-0.3, -0.25) is 4.68 Å². The molecule has 0 aliphatic rings. The van der Waals surface area contributed by atoms with Crippen LogP contribution in [0, 0.1) is 0 Å². The maximum atomic E-state index is 6.43. The van der Waals surface area contributed by atoms with Gasteiger partial charge in [0.2, 0.25) is 0 Å². The van der Waals surface area contributed by atoms with Gasteiger partial charge in [0.05, 0.1) is 35.2 Å². The Morgan fingerprint density at radius 3 is 2.90 bits per heavy atom. The molecule has 0 saturated heterocycles. The first kappa shape index (κ1) is 15.3. The lowest BCUT2D eigenvalue weighted by molar-refractivity contribution is 0.367. The smallest absolute Gasteiger partial charge is 0.108 e. The summed E-state index contributed by atoms with van der Waals surface area (Å²) < 4.78 is 8.37. The van der Waals surface area contributed by atoms with Crippen molar-refractivity contribution in [3.05, 3.63) is 40.0 Å². The molecule has 5 nitrogen and oxygen atoms in total. The van der Waals surface area contributed by atoms with Crippen LogP contribution in [0.3, 0.4) is 0 Å². The lowest BCUT2D eigenvalue weighted by atomic mass is 10.0. The second-order valence-electron chi connectivity index (χ2n) is 5.03. The second-order valence-corrected chi connectivity index (χ2v) is 5.89. The number of halogens is 1. The van der Waals surface area contributed by atoms with Gasteiger partial charge in [-0.15, -0.1) is 0 Å². The number of likely N-dealkylation sites (N-methyl/N-ethyl adjacent to an activating group) is 1. The lowest BCUT2D eigenvalue weighted by Gasteiger charge is -2.17. The van der Waals surface area contributed by atoms with Crippen LogP contribution in [0.15, 0.2) is 27.4 Å². The van der Waals surface area contributed by atoms with E-state index in [-0.39, 0.29) is 6.04 Å². The van der Waals surface area contributed by atoms with Crippen LogP contribution in [0.1, 0.15) is 30.0 Å². The largest absolute Gasteiger partial charge is 0.469 e. The van der Waals surface area contributed by atoms with Crippen LogP contribution in [0.4, 0.5) is 0 Å². The number of aryl methyl sites for hydroxylation is 1. The van der Waals surface area contributed by atoms with Gasteiger partial charge >= 0.3 is 0 Å². The first-order valence-corrected chi connectivity index (χ1v) is 7.51. The number of hydrogen-bond donors (Lipinski definition) is 1. The summed E-state index contributed by atoms with van der Waals surface area (Å²) in [5.74, 6) is 0.935. The SMILES string of the molecule is CCc1occc1C(N)c1c(Br)cnn1CCN(C)C. The zero-order valence-corrected chi connectivity index (χ0v) is 13.7. The van der Waals surface area contributed by atoms with Crippen LogP contribution in [0.25, 0.3) is 0 Å². The van der Waals surface area contributed by atoms with E-state index in [9.17, 15) is 0 Å². The maximum absolute atomic E-state index is 6.43. The van der Waals surface area contributed by atoms with E-state index in [2.05, 4.69) is 32.9 Å². The first-order chi connectivity index (χ1) is 9.54. The summed E-state index contributed by atoms with van der Waals surface area (Å²) in [6.07, 6.45) is 4.33. The van der Waals surface area contributed by atoms with Crippen molar-refractivity contribution in [1.29, 1.82) is 0 Å². The Kier molecular flexibility index (Phi) is 5.01. The van der Waals surface area contributed by atoms with Crippen LogP contribution in [-0.4, -0.2) is 35.3 Å². The molecular weight excluding hydrogens is 320 g/mol. The monoisotopic (exact) mass is 340 g/mol. The van der Waals surface area contributed by atoms with Gasteiger partial charge in [0.25, 0.3) is 0 Å². The highest BCUT2D eigenvalue weighted by Crippen LogP contribution is 2.29. The molecule has 0 spiro atoms. The summed E-state index contributed by atoms with van der Waals surface area (Å²) in [6, 6.07) is 1.71. The topological polar surface area (TPSA) is 60.2 Å². The molecule has 1 atom stereocenters. The normalized spacial score (nSPS) is 13.1. The van der Waals surface area contributed by atoms with Crippen LogP contribution in [-0.2, 0) is 13.0 Å². The predicted molar refractivity (Wildman–Crippen MR) is 82.6 cm³/mol. The quantitative estimate of drug-likeness (QED) is 0.877. The van der Waals surface area contributed by atoms with Gasteiger partial charge in [-0.25, -0.2) is 0 Å². The Balaban J connectivity index is 2.29. The summed E-state index contributed by atoms with van der Waals surface area (Å²) >= 11 is 3.55. The molecule has 2 rings (SSSR count). The van der Waals surface area contributed by atoms with E-state index in [0.29, 0.717) is 0 Å². The van der Waals surface area contributed by atoms with E-state index in [0.717, 1.165) is 41.0 Å². The lowest BCUT2D eigenvalue weighted by Crippen LogP contribution is -2.23. The number of rotatable bonds is 6. The Bertz CT molecular complexity index is 561. The van der Waals surface area contributed by atoms with Crippen molar-refractivity contribution in [2.45, 2.75) is 25.9 Å². The molecular formula is C14H21BrN4O. The Morgan fingerprint density at radius 1 is 1.50 bits per heavy atom. The van der Waals surface area contributed by atoms with Crippen molar-refractivity contribution >= 4 is 15.9 Å². The molecule has 0 amide bonds. The zero-order valence-electron chi connectivity index (χ0n) is 12.1. The minimum atomic E-state index is -0.234. The Hall–Kier alpha value is -1.11. The van der Waals surface area contributed by atoms with Crippen molar-refractivity contribution in [2.75, 3.05) is 20.6 Å². The molecule has 0 radical (unpaired) electrons. The highest BCUT2D eigenvalue weighted by molar-refractivity contribution is 9.10. The molecule has 0 aromatic carbocycles. The number of nitrogens with two attached hydrogens (primary N) is 1. The summed E-state index contributed by atoms with van der Waals surface area (Å²) in [5.41, 5.74) is 8.44. The zero-order chi connectivity index (χ0) is 14.7. The fourth-order valence-electron chi connectivity index (χ4n) is 2.22. The van der Waals surface area contributed by atoms with E-state index >= 15 is 0 Å². The third-order valence-electron chi connectivity index (χ3n) is 3.32. The molecule has 6 heteroatoms. The van der Waals surface area contributed by atoms with Crippen LogP contribution in [0.2, 0.25) is 0 Å². The fraction of sp³-hybridized carbons (Fsp3) is 0.500. The molecule has 0 bridgehead atoms. The van der Waals surface area contributed by atoms with Gasteiger partial charge in [0, 0.05) is 18.5 Å². The molecule has 0 fully saturated rings. The molecule has 2 aromatic rings. The summed E-state index contributed by atoms with van der Waals surface area (Å²) in [7, 11) is 4.09.